The molecule has 2 aromatic carbocycles. The second-order valence-corrected chi connectivity index (χ2v) is 5.38. The van der Waals surface area contributed by atoms with Gasteiger partial charge in [-0.2, -0.15) is 0 Å². The minimum Gasteiger partial charge on any atom is -0.207 e. The summed E-state index contributed by atoms with van der Waals surface area (Å²) in [5, 5.41) is 0. The van der Waals surface area contributed by atoms with Crippen LogP contribution in [0, 0.1) is 0 Å². The molecular formula is C18H18F2. The van der Waals surface area contributed by atoms with Crippen LogP contribution in [0.4, 0.5) is 8.78 Å². The molecule has 1 spiro atoms. The molecule has 2 aliphatic carbocycles. The molecule has 2 heteroatoms. The molecule has 0 amide bonds. The van der Waals surface area contributed by atoms with E-state index in [0.29, 0.717) is 0 Å². The first-order valence-electron chi connectivity index (χ1n) is 7.20. The summed E-state index contributed by atoms with van der Waals surface area (Å²) >= 11 is 0. The highest BCUT2D eigenvalue weighted by Gasteiger charge is 2.61. The molecule has 2 aromatic rings. The van der Waals surface area contributed by atoms with Gasteiger partial charge in [0.15, 0.2) is 0 Å². The van der Waals surface area contributed by atoms with Crippen LogP contribution in [0.3, 0.4) is 0 Å². The van der Waals surface area contributed by atoms with Crippen molar-refractivity contribution in [2.75, 3.05) is 0 Å². The Bertz CT molecular complexity index is 588. The Balaban J connectivity index is 0.000000581. The third-order valence-corrected chi connectivity index (χ3v) is 4.30. The quantitative estimate of drug-likeness (QED) is 0.601. The van der Waals surface area contributed by atoms with Crippen molar-refractivity contribution in [2.45, 2.75) is 38.0 Å². The fourth-order valence-electron chi connectivity index (χ4n) is 3.63. The number of rotatable bonds is 0. The van der Waals surface area contributed by atoms with Crippen molar-refractivity contribution in [3.63, 3.8) is 0 Å². The third kappa shape index (κ3) is 1.64. The molecule has 104 valence electrons. The summed E-state index contributed by atoms with van der Waals surface area (Å²) in [7, 11) is 0. The van der Waals surface area contributed by atoms with Crippen molar-refractivity contribution in [2.24, 2.45) is 0 Å². The standard InChI is InChI=1S/C16H12F2.C2H6/c17-16(18)9-15(10-16)13-7-3-1-5-11(13)12-6-2-4-8-14(12)15;1-2/h1-8H,9-10H2;1-2H3. The summed E-state index contributed by atoms with van der Waals surface area (Å²) in [5.74, 6) is -2.51. The van der Waals surface area contributed by atoms with Crippen LogP contribution in [0.2, 0.25) is 0 Å². The molecule has 0 aliphatic heterocycles. The normalized spacial score (nSPS) is 19.4. The molecule has 20 heavy (non-hydrogen) atoms. The van der Waals surface area contributed by atoms with E-state index in [4.69, 9.17) is 0 Å². The number of halogens is 2. The fraction of sp³-hybridized carbons (Fsp3) is 0.333. The first kappa shape index (κ1) is 13.3. The lowest BCUT2D eigenvalue weighted by atomic mass is 9.60. The van der Waals surface area contributed by atoms with E-state index in [9.17, 15) is 8.78 Å². The molecule has 0 saturated heterocycles. The molecule has 1 fully saturated rings. The van der Waals surface area contributed by atoms with Crippen LogP contribution < -0.4 is 0 Å². The molecule has 2 aliphatic rings. The maximum absolute atomic E-state index is 13.4. The lowest BCUT2D eigenvalue weighted by molar-refractivity contribution is -0.112. The molecule has 0 radical (unpaired) electrons. The molecule has 0 heterocycles. The highest BCUT2D eigenvalue weighted by molar-refractivity contribution is 5.81. The molecule has 0 nitrogen and oxygen atoms in total. The molecule has 4 rings (SSSR count). The number of benzene rings is 2. The monoisotopic (exact) mass is 272 g/mol. The smallest absolute Gasteiger partial charge is 0.207 e. The summed E-state index contributed by atoms with van der Waals surface area (Å²) in [5.41, 5.74) is 3.98. The predicted molar refractivity (Wildman–Crippen MR) is 78.2 cm³/mol. The summed E-state index contributed by atoms with van der Waals surface area (Å²) in [6.07, 6.45) is -0.0952. The molecule has 0 bridgehead atoms. The average molecular weight is 272 g/mol. The molecular weight excluding hydrogens is 254 g/mol. The first-order valence-corrected chi connectivity index (χ1v) is 7.20. The van der Waals surface area contributed by atoms with Gasteiger partial charge >= 0.3 is 0 Å². The minimum absolute atomic E-state index is 0.0476. The lowest BCUT2D eigenvalue weighted by Gasteiger charge is -2.46. The number of alkyl halides is 2. The van der Waals surface area contributed by atoms with Crippen LogP contribution in [0.25, 0.3) is 11.1 Å². The van der Waals surface area contributed by atoms with Crippen molar-refractivity contribution in [3.05, 3.63) is 59.7 Å². The van der Waals surface area contributed by atoms with Crippen LogP contribution >= 0.6 is 0 Å². The SMILES string of the molecule is CC.FC1(F)CC2(C1)c1ccccc1-c1ccccc12. The summed E-state index contributed by atoms with van der Waals surface area (Å²) in [6.45, 7) is 4.00. The zero-order chi connectivity index (χ0) is 14.4. The second-order valence-electron chi connectivity index (χ2n) is 5.38. The summed E-state index contributed by atoms with van der Waals surface area (Å²) in [4.78, 5) is 0. The van der Waals surface area contributed by atoms with Crippen molar-refractivity contribution in [3.8, 4) is 11.1 Å². The van der Waals surface area contributed by atoms with Gasteiger partial charge in [0.25, 0.3) is 5.92 Å². The van der Waals surface area contributed by atoms with Crippen LogP contribution in [0.1, 0.15) is 37.8 Å². The second kappa shape index (κ2) is 4.41. The van der Waals surface area contributed by atoms with Gasteiger partial charge in [-0.15, -0.1) is 0 Å². The Morgan fingerprint density at radius 3 is 1.55 bits per heavy atom. The van der Waals surface area contributed by atoms with Gasteiger partial charge in [-0.25, -0.2) is 8.78 Å². The fourth-order valence-corrected chi connectivity index (χ4v) is 3.63. The van der Waals surface area contributed by atoms with Gasteiger partial charge in [-0.1, -0.05) is 62.4 Å². The van der Waals surface area contributed by atoms with Gasteiger partial charge in [-0.05, 0) is 22.3 Å². The van der Waals surface area contributed by atoms with Gasteiger partial charge in [-0.3, -0.25) is 0 Å². The van der Waals surface area contributed by atoms with E-state index in [0.717, 1.165) is 22.3 Å². The highest BCUT2D eigenvalue weighted by Crippen LogP contribution is 2.63. The molecule has 0 atom stereocenters. The van der Waals surface area contributed by atoms with E-state index in [2.05, 4.69) is 0 Å². The lowest BCUT2D eigenvalue weighted by Crippen LogP contribution is -2.48. The average Bonchev–Trinajstić information content (AvgIpc) is 2.73. The van der Waals surface area contributed by atoms with Crippen LogP contribution in [-0.2, 0) is 5.41 Å². The van der Waals surface area contributed by atoms with Gasteiger partial charge < -0.3 is 0 Å². The summed E-state index contributed by atoms with van der Waals surface area (Å²) in [6, 6.07) is 15.9. The Labute approximate surface area is 118 Å². The van der Waals surface area contributed by atoms with Crippen molar-refractivity contribution >= 4 is 0 Å². The van der Waals surface area contributed by atoms with Gasteiger partial charge in [0.2, 0.25) is 0 Å². The maximum Gasteiger partial charge on any atom is 0.250 e. The van der Waals surface area contributed by atoms with Crippen LogP contribution in [0.15, 0.2) is 48.5 Å². The van der Waals surface area contributed by atoms with Crippen molar-refractivity contribution < 1.29 is 8.78 Å². The Kier molecular flexibility index (Phi) is 2.93. The molecule has 0 unspecified atom stereocenters. The van der Waals surface area contributed by atoms with E-state index in [1.165, 1.54) is 0 Å². The zero-order valence-corrected chi connectivity index (χ0v) is 11.8. The Morgan fingerprint density at radius 2 is 1.15 bits per heavy atom. The van der Waals surface area contributed by atoms with Crippen molar-refractivity contribution in [1.29, 1.82) is 0 Å². The first-order chi connectivity index (χ1) is 9.62. The minimum atomic E-state index is -2.51. The zero-order valence-electron chi connectivity index (χ0n) is 11.8. The number of hydrogen-bond donors (Lipinski definition) is 0. The topological polar surface area (TPSA) is 0 Å². The maximum atomic E-state index is 13.4. The van der Waals surface area contributed by atoms with E-state index >= 15 is 0 Å². The number of fused-ring (bicyclic) bond motifs is 5. The highest BCUT2D eigenvalue weighted by atomic mass is 19.3. The Hall–Kier alpha value is -1.70. The Morgan fingerprint density at radius 1 is 0.750 bits per heavy atom. The van der Waals surface area contributed by atoms with Crippen molar-refractivity contribution in [1.82, 2.24) is 0 Å². The van der Waals surface area contributed by atoms with Crippen LogP contribution in [-0.4, -0.2) is 5.92 Å². The van der Waals surface area contributed by atoms with E-state index in [-0.39, 0.29) is 12.8 Å². The van der Waals surface area contributed by atoms with E-state index in [1.54, 1.807) is 0 Å². The third-order valence-electron chi connectivity index (χ3n) is 4.30. The van der Waals surface area contributed by atoms with Gasteiger partial charge in [0.1, 0.15) is 0 Å². The van der Waals surface area contributed by atoms with E-state index in [1.807, 2.05) is 62.4 Å². The van der Waals surface area contributed by atoms with Gasteiger partial charge in [0, 0.05) is 18.3 Å². The number of hydrogen-bond acceptors (Lipinski definition) is 0. The van der Waals surface area contributed by atoms with Gasteiger partial charge in [0.05, 0.1) is 0 Å². The molecule has 0 N–H and O–H groups in total. The van der Waals surface area contributed by atoms with Crippen LogP contribution in [0.5, 0.6) is 0 Å². The summed E-state index contributed by atoms with van der Waals surface area (Å²) < 4.78 is 26.8. The predicted octanol–water partition coefficient (Wildman–Crippen LogP) is 5.41. The molecule has 1 saturated carbocycles. The molecule has 0 aromatic heterocycles. The largest absolute Gasteiger partial charge is 0.250 e. The van der Waals surface area contributed by atoms with E-state index < -0.39 is 11.3 Å².